The van der Waals surface area contributed by atoms with Crippen LogP contribution < -0.4 is 9.86 Å². The zero-order valence-electron chi connectivity index (χ0n) is 15.1. The van der Waals surface area contributed by atoms with Crippen LogP contribution in [0.5, 0.6) is 0 Å². The maximum atomic E-state index is 12.9. The van der Waals surface area contributed by atoms with Crippen LogP contribution in [0.3, 0.4) is 0 Å². The molecule has 3 heterocycles. The quantitative estimate of drug-likeness (QED) is 0.676. The number of anilines is 1. The average Bonchev–Trinajstić information content (AvgIpc) is 3.12. The first-order chi connectivity index (χ1) is 12.3. The Morgan fingerprint density at radius 2 is 1.96 bits per heavy atom. The Bertz CT molecular complexity index is 1090. The van der Waals surface area contributed by atoms with E-state index < -0.39 is 10.0 Å². The van der Waals surface area contributed by atoms with Crippen LogP contribution in [0.1, 0.15) is 18.2 Å². The van der Waals surface area contributed by atoms with E-state index in [2.05, 4.69) is 9.97 Å². The van der Waals surface area contributed by atoms with Crippen molar-refractivity contribution in [2.24, 2.45) is 0 Å². The number of thiophene rings is 1. The molecule has 0 spiro atoms. The molecule has 0 amide bonds. The summed E-state index contributed by atoms with van der Waals surface area (Å²) in [6.45, 7) is 3.72. The van der Waals surface area contributed by atoms with E-state index in [1.165, 1.54) is 22.7 Å². The van der Waals surface area contributed by atoms with Crippen molar-refractivity contribution in [2.75, 3.05) is 11.4 Å². The van der Waals surface area contributed by atoms with E-state index in [0.29, 0.717) is 17.8 Å². The SMILES string of the molecule is CCc1cc(-c2ccc(S(=O)(=O)N(C)c3ccccn3)s2)c(C)[nH]c1=O.Cl. The predicted octanol–water partition coefficient (Wildman–Crippen LogP) is 3.62. The lowest BCUT2D eigenvalue weighted by atomic mass is 10.1. The number of hydrogen-bond donors (Lipinski definition) is 1. The summed E-state index contributed by atoms with van der Waals surface area (Å²) in [6, 6.07) is 10.3. The normalized spacial score (nSPS) is 11.1. The van der Waals surface area contributed by atoms with Gasteiger partial charge in [0.25, 0.3) is 15.6 Å². The second-order valence-electron chi connectivity index (χ2n) is 5.80. The van der Waals surface area contributed by atoms with E-state index in [1.807, 2.05) is 19.9 Å². The van der Waals surface area contributed by atoms with Crippen molar-refractivity contribution < 1.29 is 8.42 Å². The molecule has 3 aromatic rings. The number of aromatic amines is 1. The third-order valence-electron chi connectivity index (χ3n) is 4.13. The summed E-state index contributed by atoms with van der Waals surface area (Å²) in [5, 5.41) is 0. The van der Waals surface area contributed by atoms with Gasteiger partial charge in [0.05, 0.1) is 0 Å². The number of nitrogens with one attached hydrogen (secondary N) is 1. The number of nitrogens with zero attached hydrogens (tertiary/aromatic N) is 2. The van der Waals surface area contributed by atoms with Crippen molar-refractivity contribution in [3.8, 4) is 10.4 Å². The summed E-state index contributed by atoms with van der Waals surface area (Å²) in [5.74, 6) is 0.357. The van der Waals surface area contributed by atoms with Crippen LogP contribution >= 0.6 is 23.7 Å². The van der Waals surface area contributed by atoms with Gasteiger partial charge in [0.1, 0.15) is 10.0 Å². The molecule has 3 aromatic heterocycles. The summed E-state index contributed by atoms with van der Waals surface area (Å²) in [4.78, 5) is 19.6. The largest absolute Gasteiger partial charge is 0.326 e. The lowest BCUT2D eigenvalue weighted by molar-refractivity contribution is 0.596. The Kier molecular flexibility index (Phi) is 6.46. The van der Waals surface area contributed by atoms with Gasteiger partial charge < -0.3 is 4.98 Å². The topological polar surface area (TPSA) is 83.1 Å². The molecule has 0 unspecified atom stereocenters. The van der Waals surface area contributed by atoms with E-state index in [0.717, 1.165) is 16.1 Å². The zero-order valence-corrected chi connectivity index (χ0v) is 17.5. The van der Waals surface area contributed by atoms with Crippen LogP contribution in [0.25, 0.3) is 10.4 Å². The summed E-state index contributed by atoms with van der Waals surface area (Å²) in [5.41, 5.74) is 2.13. The van der Waals surface area contributed by atoms with Gasteiger partial charge in [-0.25, -0.2) is 13.4 Å². The molecule has 1 N–H and O–H groups in total. The van der Waals surface area contributed by atoms with Crippen LogP contribution in [-0.2, 0) is 16.4 Å². The molecule has 9 heteroatoms. The van der Waals surface area contributed by atoms with Gasteiger partial charge >= 0.3 is 0 Å². The first-order valence-electron chi connectivity index (χ1n) is 8.07. The zero-order chi connectivity index (χ0) is 18.9. The minimum atomic E-state index is -3.70. The molecule has 0 aliphatic carbocycles. The van der Waals surface area contributed by atoms with Crippen LogP contribution in [0, 0.1) is 6.92 Å². The van der Waals surface area contributed by atoms with Crippen LogP contribution in [-0.4, -0.2) is 25.4 Å². The predicted molar refractivity (Wildman–Crippen MR) is 112 cm³/mol. The fraction of sp³-hybridized carbons (Fsp3) is 0.222. The molecule has 0 aliphatic heterocycles. The highest BCUT2D eigenvalue weighted by molar-refractivity contribution is 7.94. The molecule has 0 aromatic carbocycles. The number of halogens is 1. The van der Waals surface area contributed by atoms with Gasteiger partial charge in [0.2, 0.25) is 0 Å². The van der Waals surface area contributed by atoms with Crippen molar-refractivity contribution in [1.29, 1.82) is 0 Å². The molecule has 0 fully saturated rings. The molecule has 0 radical (unpaired) electrons. The lowest BCUT2D eigenvalue weighted by Crippen LogP contribution is -2.26. The van der Waals surface area contributed by atoms with Gasteiger partial charge in [0.15, 0.2) is 0 Å². The monoisotopic (exact) mass is 425 g/mol. The number of rotatable bonds is 5. The van der Waals surface area contributed by atoms with Crippen molar-refractivity contribution in [1.82, 2.24) is 9.97 Å². The molecule has 3 rings (SSSR count). The Morgan fingerprint density at radius 1 is 1.22 bits per heavy atom. The minimum absolute atomic E-state index is 0. The average molecular weight is 426 g/mol. The van der Waals surface area contributed by atoms with Gasteiger partial charge in [-0.3, -0.25) is 9.10 Å². The molecule has 144 valence electrons. The van der Waals surface area contributed by atoms with E-state index in [-0.39, 0.29) is 22.2 Å². The molecule has 0 atom stereocenters. The fourth-order valence-corrected chi connectivity index (χ4v) is 5.29. The highest BCUT2D eigenvalue weighted by Crippen LogP contribution is 2.34. The molecular weight excluding hydrogens is 406 g/mol. The molecule has 0 saturated carbocycles. The summed E-state index contributed by atoms with van der Waals surface area (Å²) in [6.07, 6.45) is 2.17. The van der Waals surface area contributed by atoms with Crippen molar-refractivity contribution >= 4 is 39.6 Å². The maximum absolute atomic E-state index is 12.9. The summed E-state index contributed by atoms with van der Waals surface area (Å²) >= 11 is 1.18. The fourth-order valence-electron chi connectivity index (χ4n) is 2.59. The number of H-pyrrole nitrogens is 1. The van der Waals surface area contributed by atoms with E-state index in [4.69, 9.17) is 0 Å². The third-order valence-corrected chi connectivity index (χ3v) is 7.48. The Morgan fingerprint density at radius 3 is 2.59 bits per heavy atom. The number of aromatic nitrogens is 2. The van der Waals surface area contributed by atoms with E-state index in [1.54, 1.807) is 36.5 Å². The minimum Gasteiger partial charge on any atom is -0.326 e. The Labute approximate surface area is 168 Å². The molecule has 0 saturated heterocycles. The number of pyridine rings is 2. The first-order valence-corrected chi connectivity index (χ1v) is 10.3. The van der Waals surface area contributed by atoms with Gasteiger partial charge in [-0.15, -0.1) is 23.7 Å². The number of aryl methyl sites for hydroxylation is 2. The molecule has 0 bridgehead atoms. The Balaban J connectivity index is 0.00000261. The summed E-state index contributed by atoms with van der Waals surface area (Å²) in [7, 11) is -2.21. The number of sulfonamides is 1. The highest BCUT2D eigenvalue weighted by atomic mass is 35.5. The van der Waals surface area contributed by atoms with Crippen LogP contribution in [0.15, 0.2) is 51.6 Å². The molecular formula is C18H20ClN3O3S2. The highest BCUT2D eigenvalue weighted by Gasteiger charge is 2.24. The third kappa shape index (κ3) is 4.07. The van der Waals surface area contributed by atoms with Crippen molar-refractivity contribution in [2.45, 2.75) is 24.5 Å². The van der Waals surface area contributed by atoms with Gasteiger partial charge in [-0.05, 0) is 43.7 Å². The molecule has 0 aliphatic rings. The van der Waals surface area contributed by atoms with Crippen LogP contribution in [0.2, 0.25) is 0 Å². The van der Waals surface area contributed by atoms with Crippen molar-refractivity contribution in [3.63, 3.8) is 0 Å². The maximum Gasteiger partial charge on any atom is 0.274 e. The molecule has 6 nitrogen and oxygen atoms in total. The second-order valence-corrected chi connectivity index (χ2v) is 9.07. The van der Waals surface area contributed by atoms with E-state index >= 15 is 0 Å². The Hall–Kier alpha value is -2.16. The van der Waals surface area contributed by atoms with Crippen LogP contribution in [0.4, 0.5) is 5.82 Å². The standard InChI is InChI=1S/C18H19N3O3S2.ClH/c1-4-13-11-14(12(2)20-18(13)22)15-8-9-17(25-15)26(23,24)21(3)16-7-5-6-10-19-16;/h5-11H,4H2,1-3H3,(H,20,22);1H. The second kappa shape index (κ2) is 8.24. The summed E-state index contributed by atoms with van der Waals surface area (Å²) < 4.78 is 27.1. The van der Waals surface area contributed by atoms with Crippen molar-refractivity contribution in [3.05, 3.63) is 64.2 Å². The smallest absolute Gasteiger partial charge is 0.274 e. The number of hydrogen-bond acceptors (Lipinski definition) is 5. The van der Waals surface area contributed by atoms with Gasteiger partial charge in [-0.1, -0.05) is 13.0 Å². The van der Waals surface area contributed by atoms with E-state index in [9.17, 15) is 13.2 Å². The molecule has 27 heavy (non-hydrogen) atoms. The van der Waals surface area contributed by atoms with Gasteiger partial charge in [-0.2, -0.15) is 0 Å². The lowest BCUT2D eigenvalue weighted by Gasteiger charge is -2.16. The van der Waals surface area contributed by atoms with Gasteiger partial charge in [0, 0.05) is 34.9 Å². The first kappa shape index (κ1) is 21.1.